The third-order valence-corrected chi connectivity index (χ3v) is 8.12. The second kappa shape index (κ2) is 7.85. The Morgan fingerprint density at radius 2 is 1.89 bits per heavy atom. The minimum atomic E-state index is 0.391. The van der Waals surface area contributed by atoms with Crippen LogP contribution in [0.4, 0.5) is 0 Å². The predicted molar refractivity (Wildman–Crippen MR) is 109 cm³/mol. The van der Waals surface area contributed by atoms with E-state index in [4.69, 9.17) is 9.47 Å². The second-order valence-corrected chi connectivity index (χ2v) is 9.82. The van der Waals surface area contributed by atoms with E-state index < -0.39 is 0 Å². The van der Waals surface area contributed by atoms with Crippen molar-refractivity contribution in [1.29, 1.82) is 0 Å². The Balaban J connectivity index is 1.54. The monoisotopic (exact) mass is 372 g/mol. The highest BCUT2D eigenvalue weighted by Gasteiger charge is 2.56. The molecule has 0 N–H and O–H groups in total. The van der Waals surface area contributed by atoms with Gasteiger partial charge in [-0.15, -0.1) is 0 Å². The van der Waals surface area contributed by atoms with Gasteiger partial charge in [0, 0.05) is 12.2 Å². The number of nitrogens with zero attached hydrogens (tertiary/aromatic N) is 1. The number of benzene rings is 1. The van der Waals surface area contributed by atoms with Gasteiger partial charge < -0.3 is 14.0 Å². The van der Waals surface area contributed by atoms with E-state index in [1.807, 2.05) is 0 Å². The molecule has 1 aliphatic heterocycles. The van der Waals surface area contributed by atoms with Crippen molar-refractivity contribution in [3.63, 3.8) is 0 Å². The quantitative estimate of drug-likeness (QED) is 0.656. The van der Waals surface area contributed by atoms with E-state index >= 15 is 0 Å². The number of hydrogen-bond donors (Lipinski definition) is 0. The molecule has 2 unspecified atom stereocenters. The Bertz CT molecular complexity index is 606. The molecule has 4 aliphatic rings. The summed E-state index contributed by atoms with van der Waals surface area (Å²) in [7, 11) is 0. The topological polar surface area (TPSA) is 18.5 Å². The normalized spacial score (nSPS) is 32.5. The van der Waals surface area contributed by atoms with Crippen molar-refractivity contribution in [2.45, 2.75) is 52.7 Å². The Kier molecular flexibility index (Phi) is 5.64. The Morgan fingerprint density at radius 3 is 2.52 bits per heavy atom. The molecule has 1 aromatic rings. The van der Waals surface area contributed by atoms with Gasteiger partial charge in [0.2, 0.25) is 0 Å². The molecule has 5 rings (SSSR count). The number of hydrogen-bond acceptors (Lipinski definition) is 2. The van der Waals surface area contributed by atoms with Crippen LogP contribution in [0.3, 0.4) is 0 Å². The van der Waals surface area contributed by atoms with Gasteiger partial charge >= 0.3 is 0 Å². The van der Waals surface area contributed by atoms with Crippen molar-refractivity contribution in [3.05, 3.63) is 35.9 Å². The molecular formula is C24H38NO2+. The average molecular weight is 373 g/mol. The maximum atomic E-state index is 6.48. The van der Waals surface area contributed by atoms with Gasteiger partial charge in [-0.1, -0.05) is 44.2 Å². The molecule has 0 spiro atoms. The molecule has 2 bridgehead atoms. The minimum Gasteiger partial charge on any atom is -0.372 e. The lowest BCUT2D eigenvalue weighted by Crippen LogP contribution is -2.62. The molecule has 3 aliphatic carbocycles. The summed E-state index contributed by atoms with van der Waals surface area (Å²) < 4.78 is 13.4. The van der Waals surface area contributed by atoms with Crippen molar-refractivity contribution in [2.75, 3.05) is 39.5 Å². The number of rotatable bonds is 7. The van der Waals surface area contributed by atoms with Crippen LogP contribution in [0.25, 0.3) is 0 Å². The zero-order chi connectivity index (χ0) is 18.9. The third-order valence-electron chi connectivity index (χ3n) is 8.12. The van der Waals surface area contributed by atoms with Gasteiger partial charge in [0.1, 0.15) is 32.3 Å². The molecule has 150 valence electrons. The minimum absolute atomic E-state index is 0.391. The van der Waals surface area contributed by atoms with Crippen LogP contribution in [-0.2, 0) is 16.0 Å². The van der Waals surface area contributed by atoms with Crippen molar-refractivity contribution < 1.29 is 14.0 Å². The van der Waals surface area contributed by atoms with Gasteiger partial charge in [-0.25, -0.2) is 0 Å². The molecule has 3 nitrogen and oxygen atoms in total. The zero-order valence-corrected chi connectivity index (χ0v) is 17.5. The summed E-state index contributed by atoms with van der Waals surface area (Å²) in [6.07, 6.45) is 4.59. The van der Waals surface area contributed by atoms with Gasteiger partial charge in [-0.05, 0) is 49.4 Å². The molecule has 1 heterocycles. The van der Waals surface area contributed by atoms with Gasteiger partial charge in [-0.3, -0.25) is 0 Å². The van der Waals surface area contributed by atoms with Crippen LogP contribution in [0.5, 0.6) is 0 Å². The van der Waals surface area contributed by atoms with E-state index in [1.165, 1.54) is 24.8 Å². The highest BCUT2D eigenvalue weighted by Crippen LogP contribution is 2.62. The Morgan fingerprint density at radius 1 is 1.15 bits per heavy atom. The second-order valence-electron chi connectivity index (χ2n) is 9.82. The molecule has 27 heavy (non-hydrogen) atoms. The molecule has 0 radical (unpaired) electrons. The number of ether oxygens (including phenoxy) is 2. The average Bonchev–Trinajstić information content (AvgIpc) is 2.69. The fraction of sp³-hybridized carbons (Fsp3) is 0.750. The van der Waals surface area contributed by atoms with Gasteiger partial charge in [-0.2, -0.15) is 0 Å². The summed E-state index contributed by atoms with van der Waals surface area (Å²) in [6, 6.07) is 11.0. The number of fused-ring (bicyclic) bond motifs is 2. The molecule has 3 saturated carbocycles. The Labute approximate surface area is 165 Å². The van der Waals surface area contributed by atoms with Crippen molar-refractivity contribution in [2.24, 2.45) is 23.2 Å². The van der Waals surface area contributed by atoms with Crippen LogP contribution >= 0.6 is 0 Å². The molecular weight excluding hydrogens is 334 g/mol. The predicted octanol–water partition coefficient (Wildman–Crippen LogP) is 4.51. The van der Waals surface area contributed by atoms with Crippen LogP contribution in [-0.4, -0.2) is 50.0 Å². The lowest BCUT2D eigenvalue weighted by atomic mass is 9.45. The smallest absolute Gasteiger partial charge is 0.109 e. The highest BCUT2D eigenvalue weighted by molar-refractivity contribution is 5.13. The van der Waals surface area contributed by atoms with Crippen LogP contribution in [0.1, 0.15) is 45.6 Å². The SMILES string of the molecule is CCOC(C[N+]1(Cc2ccccc2)CCOCC1)C1CC[C@H]2C[C@H]1C2(C)C. The summed E-state index contributed by atoms with van der Waals surface area (Å²) in [6.45, 7) is 14.3. The first-order valence-corrected chi connectivity index (χ1v) is 11.1. The van der Waals surface area contributed by atoms with E-state index in [2.05, 4.69) is 51.1 Å². The van der Waals surface area contributed by atoms with E-state index in [-0.39, 0.29) is 0 Å². The first kappa shape index (κ1) is 19.4. The standard InChI is InChI=1S/C24H38NO2/c1-4-27-23(21-11-10-20-16-22(21)24(20,2)3)18-25(12-14-26-15-13-25)17-19-8-6-5-7-9-19/h5-9,20-23H,4,10-18H2,1-3H3/q+1/t20-,21?,22+,23?/m0/s1. The first-order valence-electron chi connectivity index (χ1n) is 11.1. The lowest BCUT2D eigenvalue weighted by Gasteiger charge is -2.61. The Hall–Kier alpha value is -0.900. The van der Waals surface area contributed by atoms with Gasteiger partial charge in [0.05, 0.1) is 13.2 Å². The maximum Gasteiger partial charge on any atom is 0.109 e. The number of morpholine rings is 1. The van der Waals surface area contributed by atoms with E-state index in [0.29, 0.717) is 11.5 Å². The van der Waals surface area contributed by atoms with Crippen LogP contribution in [0.2, 0.25) is 0 Å². The molecule has 0 amide bonds. The molecule has 4 fully saturated rings. The largest absolute Gasteiger partial charge is 0.372 e. The van der Waals surface area contributed by atoms with Crippen LogP contribution in [0.15, 0.2) is 30.3 Å². The van der Waals surface area contributed by atoms with Gasteiger partial charge in [0.15, 0.2) is 0 Å². The first-order chi connectivity index (χ1) is 13.0. The summed E-state index contributed by atoms with van der Waals surface area (Å²) >= 11 is 0. The van der Waals surface area contributed by atoms with Crippen LogP contribution in [0, 0.1) is 23.2 Å². The van der Waals surface area contributed by atoms with Crippen molar-refractivity contribution in [1.82, 2.24) is 0 Å². The molecule has 4 atom stereocenters. The van der Waals surface area contributed by atoms with Gasteiger partial charge in [0.25, 0.3) is 0 Å². The summed E-state index contributed by atoms with van der Waals surface area (Å²) in [5.74, 6) is 2.54. The molecule has 3 heteroatoms. The molecule has 1 aromatic carbocycles. The maximum absolute atomic E-state index is 6.48. The molecule has 1 saturated heterocycles. The van der Waals surface area contributed by atoms with E-state index in [1.54, 1.807) is 0 Å². The van der Waals surface area contributed by atoms with Crippen LogP contribution < -0.4 is 0 Å². The fourth-order valence-corrected chi connectivity index (χ4v) is 6.33. The molecule has 0 aromatic heterocycles. The van der Waals surface area contributed by atoms with Crippen molar-refractivity contribution in [3.8, 4) is 0 Å². The lowest BCUT2D eigenvalue weighted by molar-refractivity contribution is -0.950. The van der Waals surface area contributed by atoms with Crippen molar-refractivity contribution >= 4 is 0 Å². The summed E-state index contributed by atoms with van der Waals surface area (Å²) in [4.78, 5) is 0. The van der Waals surface area contributed by atoms with E-state index in [0.717, 1.165) is 68.2 Å². The van der Waals surface area contributed by atoms with E-state index in [9.17, 15) is 0 Å². The zero-order valence-electron chi connectivity index (χ0n) is 17.5. The third kappa shape index (κ3) is 3.83. The number of quaternary nitrogens is 1. The fourth-order valence-electron chi connectivity index (χ4n) is 6.33. The summed E-state index contributed by atoms with van der Waals surface area (Å²) in [5, 5.41) is 0. The summed E-state index contributed by atoms with van der Waals surface area (Å²) in [5.41, 5.74) is 1.97. The highest BCUT2D eigenvalue weighted by atomic mass is 16.5.